The van der Waals surface area contributed by atoms with Crippen molar-refractivity contribution in [3.05, 3.63) is 47.9 Å². The zero-order valence-corrected chi connectivity index (χ0v) is 20.8. The summed E-state index contributed by atoms with van der Waals surface area (Å²) < 4.78 is 23.1. The summed E-state index contributed by atoms with van der Waals surface area (Å²) in [7, 11) is 7.43. The van der Waals surface area contributed by atoms with Crippen LogP contribution in [-0.4, -0.2) is 61.2 Å². The summed E-state index contributed by atoms with van der Waals surface area (Å²) in [5.41, 5.74) is 7.93. The Bertz CT molecular complexity index is 1110. The van der Waals surface area contributed by atoms with Crippen molar-refractivity contribution in [2.24, 2.45) is 0 Å². The van der Waals surface area contributed by atoms with E-state index in [9.17, 15) is 4.39 Å². The fraction of sp³-hybridized carbons (Fsp3) is 0.348. The summed E-state index contributed by atoms with van der Waals surface area (Å²) in [5, 5.41) is 7.18. The molecule has 1 aromatic carbocycles. The molecular weight excluding hydrogens is 455 g/mol. The van der Waals surface area contributed by atoms with E-state index in [2.05, 4.69) is 35.2 Å². The molecular formula is C23H31FN8OS. The maximum atomic E-state index is 14.9. The molecule has 0 aliphatic carbocycles. The van der Waals surface area contributed by atoms with Crippen LogP contribution in [0.1, 0.15) is 18.5 Å². The molecule has 9 nitrogen and oxygen atoms in total. The highest BCUT2D eigenvalue weighted by Gasteiger charge is 2.19. The number of nitrogens with one attached hydrogen (secondary N) is 3. The minimum absolute atomic E-state index is 0.0542. The summed E-state index contributed by atoms with van der Waals surface area (Å²) in [4.78, 5) is 15.4. The van der Waals surface area contributed by atoms with Crippen LogP contribution in [0, 0.1) is 5.82 Å². The van der Waals surface area contributed by atoms with Crippen molar-refractivity contribution in [3.8, 4) is 17.1 Å². The van der Waals surface area contributed by atoms with Crippen molar-refractivity contribution >= 4 is 29.3 Å². The third-order valence-corrected chi connectivity index (χ3v) is 5.88. The maximum absolute atomic E-state index is 14.9. The Morgan fingerprint density at radius 2 is 2.00 bits per heavy atom. The second kappa shape index (κ2) is 11.8. The number of nitrogens with zero attached hydrogens (tertiary/aromatic N) is 4. The van der Waals surface area contributed by atoms with Crippen molar-refractivity contribution in [3.63, 3.8) is 0 Å². The minimum Gasteiger partial charge on any atom is -0.497 e. The second-order valence-electron chi connectivity index (χ2n) is 7.87. The van der Waals surface area contributed by atoms with Crippen LogP contribution in [0.3, 0.4) is 0 Å². The highest BCUT2D eigenvalue weighted by Crippen LogP contribution is 2.31. The van der Waals surface area contributed by atoms with Gasteiger partial charge in [-0.2, -0.15) is 0 Å². The Kier molecular flexibility index (Phi) is 8.85. The van der Waals surface area contributed by atoms with Crippen molar-refractivity contribution in [1.29, 1.82) is 0 Å². The average molecular weight is 487 g/mol. The van der Waals surface area contributed by atoms with Gasteiger partial charge in [-0.05, 0) is 52.3 Å². The molecule has 2 aromatic heterocycles. The Labute approximate surface area is 203 Å². The van der Waals surface area contributed by atoms with Gasteiger partial charge in [0.1, 0.15) is 28.2 Å². The third kappa shape index (κ3) is 6.46. The lowest BCUT2D eigenvalue weighted by Crippen LogP contribution is -2.24. The lowest BCUT2D eigenvalue weighted by molar-refractivity contribution is 0.412. The Hall–Kier alpha value is -3.15. The van der Waals surface area contributed by atoms with Crippen LogP contribution in [0.15, 0.2) is 41.6 Å². The van der Waals surface area contributed by atoms with Crippen molar-refractivity contribution in [2.75, 3.05) is 57.1 Å². The molecule has 0 saturated carbocycles. The molecule has 2 heterocycles. The first-order valence-electron chi connectivity index (χ1n) is 10.8. The number of nitrogen functional groups attached to an aromatic ring is 1. The number of halogens is 1. The van der Waals surface area contributed by atoms with Crippen molar-refractivity contribution < 1.29 is 9.13 Å². The van der Waals surface area contributed by atoms with Gasteiger partial charge in [-0.15, -0.1) is 0 Å². The zero-order chi connectivity index (χ0) is 24.7. The molecule has 0 radical (unpaired) electrons. The molecule has 0 amide bonds. The summed E-state index contributed by atoms with van der Waals surface area (Å²) in [6, 6.07) is 8.24. The Balaban J connectivity index is 1.84. The number of benzene rings is 1. The van der Waals surface area contributed by atoms with Crippen molar-refractivity contribution in [2.45, 2.75) is 18.0 Å². The molecule has 0 bridgehead atoms. The number of aromatic nitrogens is 3. The molecule has 3 aromatic rings. The summed E-state index contributed by atoms with van der Waals surface area (Å²) in [6.07, 6.45) is 1.63. The zero-order valence-electron chi connectivity index (χ0n) is 20.0. The van der Waals surface area contributed by atoms with E-state index in [1.807, 2.05) is 28.1 Å². The number of hydrogen-bond acceptors (Lipinski definition) is 10. The van der Waals surface area contributed by atoms with E-state index in [0.717, 1.165) is 12.1 Å². The highest BCUT2D eigenvalue weighted by molar-refractivity contribution is 8.00. The molecule has 1 unspecified atom stereocenters. The Morgan fingerprint density at radius 1 is 1.21 bits per heavy atom. The van der Waals surface area contributed by atoms with E-state index >= 15 is 0 Å². The molecule has 34 heavy (non-hydrogen) atoms. The lowest BCUT2D eigenvalue weighted by Gasteiger charge is -2.20. The first-order chi connectivity index (χ1) is 16.3. The van der Waals surface area contributed by atoms with Gasteiger partial charge >= 0.3 is 0 Å². The summed E-state index contributed by atoms with van der Waals surface area (Å²) in [5.74, 6) is 1.57. The number of nitrogens with two attached hydrogens (primary N) is 1. The van der Waals surface area contributed by atoms with E-state index in [1.165, 1.54) is 18.0 Å². The average Bonchev–Trinajstić information content (AvgIpc) is 2.82. The van der Waals surface area contributed by atoms with Gasteiger partial charge in [0.25, 0.3) is 0 Å². The number of hydrogen-bond donors (Lipinski definition) is 4. The van der Waals surface area contributed by atoms with Gasteiger partial charge in [-0.25, -0.2) is 19.3 Å². The van der Waals surface area contributed by atoms with Gasteiger partial charge in [0.2, 0.25) is 0 Å². The van der Waals surface area contributed by atoms with Crippen LogP contribution in [0.5, 0.6) is 5.75 Å². The van der Waals surface area contributed by atoms with Gasteiger partial charge in [-0.3, -0.25) is 0 Å². The quantitative estimate of drug-likeness (QED) is 0.300. The van der Waals surface area contributed by atoms with Gasteiger partial charge < -0.3 is 30.7 Å². The molecule has 0 fully saturated rings. The van der Waals surface area contributed by atoms with E-state index < -0.39 is 5.82 Å². The van der Waals surface area contributed by atoms with Gasteiger partial charge in [0, 0.05) is 48.9 Å². The molecule has 0 spiro atoms. The largest absolute Gasteiger partial charge is 0.497 e. The van der Waals surface area contributed by atoms with Gasteiger partial charge in [0.05, 0.1) is 18.4 Å². The van der Waals surface area contributed by atoms with E-state index in [-0.39, 0.29) is 6.04 Å². The maximum Gasteiger partial charge on any atom is 0.163 e. The number of anilines is 3. The van der Waals surface area contributed by atoms with Crippen LogP contribution >= 0.6 is 11.9 Å². The normalized spacial score (nSPS) is 12.0. The first kappa shape index (κ1) is 25.5. The number of pyridine rings is 1. The predicted octanol–water partition coefficient (Wildman–Crippen LogP) is 3.64. The van der Waals surface area contributed by atoms with E-state index in [1.54, 1.807) is 37.6 Å². The van der Waals surface area contributed by atoms with E-state index in [4.69, 9.17) is 10.5 Å². The standard InChI is InChI=1S/C23H31FN8OS/c1-14(26-2)20-21(25)29-22(30-23(20)28-10-11-32(3)4)15-6-7-18(17(24)12-15)31-34-19-13-16(33-5)8-9-27-19/h6-9,12-14,26,31H,10-11H2,1-5H3,(H3,25,28,29,30). The monoisotopic (exact) mass is 486 g/mol. The molecule has 0 aliphatic heterocycles. The molecule has 5 N–H and O–H groups in total. The van der Waals surface area contributed by atoms with Crippen LogP contribution in [0.4, 0.5) is 21.7 Å². The van der Waals surface area contributed by atoms with Gasteiger partial charge in [0.15, 0.2) is 5.82 Å². The molecule has 11 heteroatoms. The van der Waals surface area contributed by atoms with Crippen LogP contribution < -0.4 is 25.8 Å². The van der Waals surface area contributed by atoms with Crippen LogP contribution in [-0.2, 0) is 0 Å². The fourth-order valence-electron chi connectivity index (χ4n) is 3.14. The molecule has 0 saturated heterocycles. The fourth-order valence-corrected chi connectivity index (χ4v) is 3.81. The highest BCUT2D eigenvalue weighted by atomic mass is 32.2. The van der Waals surface area contributed by atoms with Crippen molar-refractivity contribution in [1.82, 2.24) is 25.2 Å². The first-order valence-corrected chi connectivity index (χ1v) is 11.6. The predicted molar refractivity (Wildman–Crippen MR) is 137 cm³/mol. The minimum atomic E-state index is -0.440. The SMILES string of the molecule is CNC(C)c1c(N)nc(-c2ccc(NSc3cc(OC)ccn3)c(F)c2)nc1NCCN(C)C. The van der Waals surface area contributed by atoms with Crippen LogP contribution in [0.2, 0.25) is 0 Å². The summed E-state index contributed by atoms with van der Waals surface area (Å²) >= 11 is 1.19. The molecule has 182 valence electrons. The second-order valence-corrected chi connectivity index (χ2v) is 8.69. The molecule has 1 atom stereocenters. The number of rotatable bonds is 11. The lowest BCUT2D eigenvalue weighted by atomic mass is 10.1. The smallest absolute Gasteiger partial charge is 0.163 e. The van der Waals surface area contributed by atoms with Gasteiger partial charge in [-0.1, -0.05) is 0 Å². The summed E-state index contributed by atoms with van der Waals surface area (Å²) in [6.45, 7) is 3.49. The topological polar surface area (TPSA) is 113 Å². The number of methoxy groups -OCH3 is 1. The van der Waals surface area contributed by atoms with Crippen LogP contribution in [0.25, 0.3) is 11.4 Å². The molecule has 0 aliphatic rings. The third-order valence-electron chi connectivity index (χ3n) is 5.13. The number of likely N-dealkylation sites (N-methyl/N-ethyl adjacent to an activating group) is 1. The Morgan fingerprint density at radius 3 is 2.68 bits per heavy atom. The molecule has 3 rings (SSSR count). The number of ether oxygens (including phenoxy) is 1. The van der Waals surface area contributed by atoms with E-state index in [0.29, 0.717) is 46.0 Å².